The van der Waals surface area contributed by atoms with Crippen LogP contribution in [0, 0.1) is 0 Å². The molecule has 0 fully saturated rings. The zero-order valence-corrected chi connectivity index (χ0v) is 11.6. The summed E-state index contributed by atoms with van der Waals surface area (Å²) in [7, 11) is 1.64. The maximum atomic E-state index is 6.01. The van der Waals surface area contributed by atoms with E-state index < -0.39 is 0 Å². The van der Waals surface area contributed by atoms with Crippen molar-refractivity contribution >= 4 is 11.6 Å². The van der Waals surface area contributed by atoms with E-state index >= 15 is 0 Å². The lowest BCUT2D eigenvalue weighted by atomic mass is 10.1. The molecule has 0 atom stereocenters. The third-order valence-electron chi connectivity index (χ3n) is 2.56. The fourth-order valence-corrected chi connectivity index (χ4v) is 1.83. The first-order valence-corrected chi connectivity index (χ1v) is 6.36. The van der Waals surface area contributed by atoms with Crippen molar-refractivity contribution in [1.29, 1.82) is 0 Å². The Morgan fingerprint density at radius 1 is 1.16 bits per heavy atom. The van der Waals surface area contributed by atoms with Crippen LogP contribution in [0.15, 0.2) is 30.3 Å². The van der Waals surface area contributed by atoms with E-state index in [-0.39, 0.29) is 0 Å². The first-order chi connectivity index (χ1) is 9.22. The Morgan fingerprint density at radius 3 is 2.53 bits per heavy atom. The highest BCUT2D eigenvalue weighted by Gasteiger charge is 2.06. The second-order valence-corrected chi connectivity index (χ2v) is 4.25. The number of nitrogens with zero attached hydrogens (tertiary/aromatic N) is 2. The van der Waals surface area contributed by atoms with Crippen LogP contribution in [-0.2, 0) is 11.3 Å². The molecule has 1 aromatic carbocycles. The quantitative estimate of drug-likeness (QED) is 0.787. The Bertz CT molecular complexity index is 544. The van der Waals surface area contributed by atoms with Crippen molar-refractivity contribution in [3.8, 4) is 17.0 Å². The first-order valence-electron chi connectivity index (χ1n) is 5.98. The molecular formula is C14H15ClN2O2. The fraction of sp³-hybridized carbons (Fsp3) is 0.286. The topological polar surface area (TPSA) is 44.2 Å². The van der Waals surface area contributed by atoms with E-state index in [1.54, 1.807) is 13.2 Å². The Morgan fingerprint density at radius 2 is 1.89 bits per heavy atom. The number of methoxy groups -OCH3 is 1. The van der Waals surface area contributed by atoms with Crippen LogP contribution in [0.3, 0.4) is 0 Å². The summed E-state index contributed by atoms with van der Waals surface area (Å²) in [5, 5.41) is 0.413. The molecule has 0 saturated carbocycles. The normalized spacial score (nSPS) is 10.5. The van der Waals surface area contributed by atoms with Gasteiger partial charge in [-0.05, 0) is 31.2 Å². The van der Waals surface area contributed by atoms with Gasteiger partial charge in [0.1, 0.15) is 17.5 Å². The lowest BCUT2D eigenvalue weighted by Crippen LogP contribution is -2.00. The number of rotatable bonds is 5. The van der Waals surface area contributed by atoms with Gasteiger partial charge in [-0.2, -0.15) is 0 Å². The Labute approximate surface area is 117 Å². The van der Waals surface area contributed by atoms with Crippen LogP contribution in [0.2, 0.25) is 5.15 Å². The van der Waals surface area contributed by atoms with Crippen molar-refractivity contribution in [1.82, 2.24) is 9.97 Å². The molecule has 1 aromatic heterocycles. The van der Waals surface area contributed by atoms with Crippen molar-refractivity contribution in [3.63, 3.8) is 0 Å². The Kier molecular flexibility index (Phi) is 4.71. The van der Waals surface area contributed by atoms with Crippen molar-refractivity contribution in [2.24, 2.45) is 0 Å². The van der Waals surface area contributed by atoms with Gasteiger partial charge >= 0.3 is 0 Å². The van der Waals surface area contributed by atoms with Gasteiger partial charge in [-0.3, -0.25) is 0 Å². The van der Waals surface area contributed by atoms with Gasteiger partial charge in [0.15, 0.2) is 5.82 Å². The number of hydrogen-bond acceptors (Lipinski definition) is 4. The molecule has 4 nitrogen and oxygen atoms in total. The average Bonchev–Trinajstić information content (AvgIpc) is 2.44. The van der Waals surface area contributed by atoms with Crippen molar-refractivity contribution in [2.45, 2.75) is 13.5 Å². The van der Waals surface area contributed by atoms with Crippen molar-refractivity contribution < 1.29 is 9.47 Å². The molecule has 0 radical (unpaired) electrons. The van der Waals surface area contributed by atoms with Gasteiger partial charge in [-0.1, -0.05) is 11.6 Å². The lowest BCUT2D eigenvalue weighted by molar-refractivity contribution is 0.128. The second kappa shape index (κ2) is 6.50. The molecule has 0 aliphatic rings. The number of halogens is 1. The van der Waals surface area contributed by atoms with Gasteiger partial charge in [0.25, 0.3) is 0 Å². The summed E-state index contributed by atoms with van der Waals surface area (Å²) < 4.78 is 10.4. The molecule has 0 amide bonds. The standard InChI is InChI=1S/C14H15ClN2O2/c1-3-19-9-14-16-12(8-13(15)17-14)10-4-6-11(18-2)7-5-10/h4-8H,3,9H2,1-2H3. The molecule has 0 N–H and O–H groups in total. The first kappa shape index (κ1) is 13.8. The third kappa shape index (κ3) is 3.66. The van der Waals surface area contributed by atoms with Crippen molar-refractivity contribution in [3.05, 3.63) is 41.3 Å². The average molecular weight is 279 g/mol. The third-order valence-corrected chi connectivity index (χ3v) is 2.76. The summed E-state index contributed by atoms with van der Waals surface area (Å²) in [6.45, 7) is 2.91. The van der Waals surface area contributed by atoms with Gasteiger partial charge in [0.2, 0.25) is 0 Å². The zero-order chi connectivity index (χ0) is 13.7. The number of hydrogen-bond donors (Lipinski definition) is 0. The lowest BCUT2D eigenvalue weighted by Gasteiger charge is -2.06. The molecule has 100 valence electrons. The summed E-state index contributed by atoms with van der Waals surface area (Å²) >= 11 is 6.01. The zero-order valence-electron chi connectivity index (χ0n) is 10.9. The van der Waals surface area contributed by atoms with Crippen LogP contribution in [0.1, 0.15) is 12.7 Å². The summed E-state index contributed by atoms with van der Waals surface area (Å²) in [6, 6.07) is 9.36. The summed E-state index contributed by atoms with van der Waals surface area (Å²) in [5.41, 5.74) is 1.74. The second-order valence-electron chi connectivity index (χ2n) is 3.86. The molecular weight excluding hydrogens is 264 g/mol. The monoisotopic (exact) mass is 278 g/mol. The summed E-state index contributed by atoms with van der Waals surface area (Å²) in [6.07, 6.45) is 0. The van der Waals surface area contributed by atoms with Gasteiger partial charge in [0, 0.05) is 18.2 Å². The van der Waals surface area contributed by atoms with Crippen molar-refractivity contribution in [2.75, 3.05) is 13.7 Å². The summed E-state index contributed by atoms with van der Waals surface area (Å²) in [4.78, 5) is 8.57. The van der Waals surface area contributed by atoms with E-state index in [4.69, 9.17) is 21.1 Å². The predicted octanol–water partition coefficient (Wildman–Crippen LogP) is 3.34. The summed E-state index contributed by atoms with van der Waals surface area (Å²) in [5.74, 6) is 1.39. The maximum Gasteiger partial charge on any atom is 0.156 e. The SMILES string of the molecule is CCOCc1nc(Cl)cc(-c2ccc(OC)cc2)n1. The number of ether oxygens (including phenoxy) is 2. The molecule has 2 aromatic rings. The van der Waals surface area contributed by atoms with Crippen LogP contribution < -0.4 is 4.74 Å². The minimum Gasteiger partial charge on any atom is -0.497 e. The van der Waals surface area contributed by atoms with Crippen LogP contribution in [0.4, 0.5) is 0 Å². The van der Waals surface area contributed by atoms with Gasteiger partial charge in [0.05, 0.1) is 12.8 Å². The van der Waals surface area contributed by atoms with E-state index in [2.05, 4.69) is 9.97 Å². The molecule has 0 unspecified atom stereocenters. The van der Waals surface area contributed by atoms with Crippen LogP contribution in [0.5, 0.6) is 5.75 Å². The maximum absolute atomic E-state index is 6.01. The molecule has 1 heterocycles. The highest BCUT2D eigenvalue weighted by atomic mass is 35.5. The molecule has 2 rings (SSSR count). The Balaban J connectivity index is 2.29. The largest absolute Gasteiger partial charge is 0.497 e. The highest BCUT2D eigenvalue weighted by Crippen LogP contribution is 2.22. The number of benzene rings is 1. The van der Waals surface area contributed by atoms with Crippen LogP contribution in [0.25, 0.3) is 11.3 Å². The van der Waals surface area contributed by atoms with E-state index in [9.17, 15) is 0 Å². The van der Waals surface area contributed by atoms with Crippen LogP contribution in [-0.4, -0.2) is 23.7 Å². The molecule has 0 aliphatic carbocycles. The van der Waals surface area contributed by atoms with Gasteiger partial charge in [-0.15, -0.1) is 0 Å². The van der Waals surface area contributed by atoms with Gasteiger partial charge < -0.3 is 9.47 Å². The van der Waals surface area contributed by atoms with E-state index in [1.807, 2.05) is 31.2 Å². The predicted molar refractivity (Wildman–Crippen MR) is 74.4 cm³/mol. The fourth-order valence-electron chi connectivity index (χ4n) is 1.63. The molecule has 5 heteroatoms. The van der Waals surface area contributed by atoms with E-state index in [1.165, 1.54) is 0 Å². The van der Waals surface area contributed by atoms with Crippen LogP contribution >= 0.6 is 11.6 Å². The van der Waals surface area contributed by atoms with E-state index in [0.29, 0.717) is 24.2 Å². The molecule has 0 bridgehead atoms. The highest BCUT2D eigenvalue weighted by molar-refractivity contribution is 6.29. The smallest absolute Gasteiger partial charge is 0.156 e. The van der Waals surface area contributed by atoms with Gasteiger partial charge in [-0.25, -0.2) is 9.97 Å². The number of aromatic nitrogens is 2. The molecule has 0 aliphatic heterocycles. The minimum absolute atomic E-state index is 0.361. The molecule has 19 heavy (non-hydrogen) atoms. The Hall–Kier alpha value is -1.65. The molecule has 0 spiro atoms. The molecule has 0 saturated heterocycles. The minimum atomic E-state index is 0.361. The van der Waals surface area contributed by atoms with E-state index in [0.717, 1.165) is 17.0 Å².